The van der Waals surface area contributed by atoms with Crippen molar-refractivity contribution >= 4 is 5.94 Å². The molecule has 1 unspecified atom stereocenters. The molecule has 2 nitrogen and oxygen atoms in total. The van der Waals surface area contributed by atoms with Crippen molar-refractivity contribution in [2.24, 2.45) is 11.8 Å². The van der Waals surface area contributed by atoms with E-state index in [9.17, 15) is 4.79 Å². The van der Waals surface area contributed by atoms with Crippen molar-refractivity contribution in [3.05, 3.63) is 5.70 Å². The van der Waals surface area contributed by atoms with E-state index in [1.165, 1.54) is 32.1 Å². The van der Waals surface area contributed by atoms with Crippen LogP contribution in [-0.2, 0) is 4.79 Å². The van der Waals surface area contributed by atoms with Crippen molar-refractivity contribution < 1.29 is 4.79 Å². The lowest BCUT2D eigenvalue weighted by Gasteiger charge is -2.37. The van der Waals surface area contributed by atoms with Crippen LogP contribution in [0, 0.1) is 11.8 Å². The summed E-state index contributed by atoms with van der Waals surface area (Å²) in [6, 6.07) is 0. The van der Waals surface area contributed by atoms with Gasteiger partial charge >= 0.3 is 0 Å². The molecule has 0 aromatic rings. The van der Waals surface area contributed by atoms with Crippen molar-refractivity contribution in [3.63, 3.8) is 0 Å². The van der Waals surface area contributed by atoms with Gasteiger partial charge in [-0.1, -0.05) is 19.3 Å². The van der Waals surface area contributed by atoms with Gasteiger partial charge in [0.1, 0.15) is 11.6 Å². The van der Waals surface area contributed by atoms with Crippen molar-refractivity contribution in [1.82, 2.24) is 5.32 Å². The van der Waals surface area contributed by atoms with Crippen molar-refractivity contribution in [2.75, 3.05) is 6.54 Å². The number of hydrogen-bond donors (Lipinski definition) is 1. The Morgan fingerprint density at radius 2 is 2.00 bits per heavy atom. The Hall–Kier alpha value is -0.750. The Morgan fingerprint density at radius 1 is 1.25 bits per heavy atom. The first kappa shape index (κ1) is 7.88. The van der Waals surface area contributed by atoms with Gasteiger partial charge in [0.25, 0.3) is 0 Å². The normalized spacial score (nSPS) is 30.3. The number of hydrogen-bond acceptors (Lipinski definition) is 2. The van der Waals surface area contributed by atoms with Gasteiger partial charge in [-0.3, -0.25) is 0 Å². The zero-order valence-corrected chi connectivity index (χ0v) is 7.31. The second-order valence-electron chi connectivity index (χ2n) is 3.90. The molecule has 1 atom stereocenters. The topological polar surface area (TPSA) is 29.1 Å². The fourth-order valence-corrected chi connectivity index (χ4v) is 2.37. The second kappa shape index (κ2) is 3.32. The van der Waals surface area contributed by atoms with Crippen LogP contribution < -0.4 is 5.32 Å². The average Bonchev–Trinajstić information content (AvgIpc) is 2.05. The molecule has 1 aliphatic heterocycles. The summed E-state index contributed by atoms with van der Waals surface area (Å²) in [5.74, 6) is 3.31. The van der Waals surface area contributed by atoms with Gasteiger partial charge in [0.05, 0.1) is 0 Å². The van der Waals surface area contributed by atoms with Crippen LogP contribution in [0.1, 0.15) is 32.1 Å². The van der Waals surface area contributed by atoms with E-state index in [-0.39, 0.29) is 0 Å². The molecule has 0 bridgehead atoms. The zero-order chi connectivity index (χ0) is 8.39. The standard InChI is InChI=1S/C10H15NO/c12-7-10-9(6-11-10)8-4-2-1-3-5-8/h8-9,11H,1-6H2. The lowest BCUT2D eigenvalue weighted by Crippen LogP contribution is -2.44. The van der Waals surface area contributed by atoms with E-state index in [1.807, 2.05) is 5.94 Å². The van der Waals surface area contributed by atoms with Crippen LogP contribution in [0.4, 0.5) is 0 Å². The Kier molecular flexibility index (Phi) is 2.18. The van der Waals surface area contributed by atoms with Gasteiger partial charge in [0.2, 0.25) is 0 Å². The lowest BCUT2D eigenvalue weighted by atomic mass is 9.76. The molecule has 1 aliphatic carbocycles. The first-order valence-corrected chi connectivity index (χ1v) is 4.90. The molecule has 1 saturated heterocycles. The first-order valence-electron chi connectivity index (χ1n) is 4.90. The van der Waals surface area contributed by atoms with Crippen LogP contribution in [0.5, 0.6) is 0 Å². The third-order valence-corrected chi connectivity index (χ3v) is 3.21. The fraction of sp³-hybridized carbons (Fsp3) is 0.800. The summed E-state index contributed by atoms with van der Waals surface area (Å²) >= 11 is 0. The van der Waals surface area contributed by atoms with Crippen LogP contribution in [0.15, 0.2) is 5.70 Å². The van der Waals surface area contributed by atoms with E-state index < -0.39 is 0 Å². The van der Waals surface area contributed by atoms with Crippen LogP contribution in [0.3, 0.4) is 0 Å². The highest BCUT2D eigenvalue weighted by molar-refractivity contribution is 5.55. The molecular weight excluding hydrogens is 150 g/mol. The molecule has 0 aromatic heterocycles. The Balaban J connectivity index is 1.95. The minimum Gasteiger partial charge on any atom is -0.378 e. The van der Waals surface area contributed by atoms with E-state index in [0.717, 1.165) is 18.2 Å². The maximum atomic E-state index is 10.4. The molecule has 1 N–H and O–H groups in total. The van der Waals surface area contributed by atoms with Gasteiger partial charge in [-0.05, 0) is 18.8 Å². The van der Waals surface area contributed by atoms with Crippen molar-refractivity contribution in [1.29, 1.82) is 0 Å². The quantitative estimate of drug-likeness (QED) is 0.597. The van der Waals surface area contributed by atoms with E-state index in [2.05, 4.69) is 5.32 Å². The van der Waals surface area contributed by atoms with E-state index >= 15 is 0 Å². The molecule has 66 valence electrons. The van der Waals surface area contributed by atoms with Gasteiger partial charge in [-0.2, -0.15) is 0 Å². The third-order valence-electron chi connectivity index (χ3n) is 3.21. The minimum absolute atomic E-state index is 0.530. The number of rotatable bonds is 1. The van der Waals surface area contributed by atoms with Gasteiger partial charge in [-0.15, -0.1) is 0 Å². The predicted octanol–water partition coefficient (Wildman–Crippen LogP) is 1.50. The highest BCUT2D eigenvalue weighted by atomic mass is 16.1. The molecule has 12 heavy (non-hydrogen) atoms. The summed E-state index contributed by atoms with van der Waals surface area (Å²) in [5, 5.41) is 3.04. The first-order chi connectivity index (χ1) is 5.92. The maximum absolute atomic E-state index is 10.4. The van der Waals surface area contributed by atoms with Crippen LogP contribution >= 0.6 is 0 Å². The van der Waals surface area contributed by atoms with Crippen molar-refractivity contribution in [2.45, 2.75) is 32.1 Å². The lowest BCUT2D eigenvalue weighted by molar-refractivity contribution is 0.228. The van der Waals surface area contributed by atoms with Gasteiger partial charge in [-0.25, -0.2) is 4.79 Å². The molecule has 0 spiro atoms. The van der Waals surface area contributed by atoms with Crippen LogP contribution in [0.2, 0.25) is 0 Å². The van der Waals surface area contributed by atoms with E-state index in [4.69, 9.17) is 0 Å². The SMILES string of the molecule is O=C=C1NCC1C1CCCCC1. The number of nitrogens with one attached hydrogen (secondary N) is 1. The molecule has 2 aliphatic rings. The van der Waals surface area contributed by atoms with Gasteiger partial charge < -0.3 is 5.32 Å². The maximum Gasteiger partial charge on any atom is 0.145 e. The zero-order valence-electron chi connectivity index (χ0n) is 7.31. The molecule has 2 rings (SSSR count). The van der Waals surface area contributed by atoms with Crippen LogP contribution in [-0.4, -0.2) is 12.5 Å². The van der Waals surface area contributed by atoms with Crippen molar-refractivity contribution in [3.8, 4) is 0 Å². The van der Waals surface area contributed by atoms with Gasteiger partial charge in [0.15, 0.2) is 0 Å². The average molecular weight is 165 g/mol. The van der Waals surface area contributed by atoms with E-state index in [1.54, 1.807) is 0 Å². The van der Waals surface area contributed by atoms with Crippen LogP contribution in [0.25, 0.3) is 0 Å². The molecule has 2 fully saturated rings. The Bertz CT molecular complexity index is 212. The van der Waals surface area contributed by atoms with E-state index in [0.29, 0.717) is 5.92 Å². The van der Waals surface area contributed by atoms with Gasteiger partial charge in [0, 0.05) is 12.5 Å². The minimum atomic E-state index is 0.530. The Morgan fingerprint density at radius 3 is 2.50 bits per heavy atom. The predicted molar refractivity (Wildman–Crippen MR) is 47.3 cm³/mol. The fourth-order valence-electron chi connectivity index (χ4n) is 2.37. The second-order valence-corrected chi connectivity index (χ2v) is 3.90. The molecule has 1 saturated carbocycles. The highest BCUT2D eigenvalue weighted by Gasteiger charge is 2.33. The summed E-state index contributed by atoms with van der Waals surface area (Å²) in [7, 11) is 0. The molecule has 0 aromatic carbocycles. The summed E-state index contributed by atoms with van der Waals surface area (Å²) < 4.78 is 0. The Labute approximate surface area is 73.0 Å². The highest BCUT2D eigenvalue weighted by Crippen LogP contribution is 2.35. The molecule has 1 heterocycles. The largest absolute Gasteiger partial charge is 0.378 e. The molecular formula is C10H15NO. The monoisotopic (exact) mass is 165 g/mol. The summed E-state index contributed by atoms with van der Waals surface area (Å²) in [6.45, 7) is 1.01. The summed E-state index contributed by atoms with van der Waals surface area (Å²) in [5.41, 5.74) is 0.835. The summed E-state index contributed by atoms with van der Waals surface area (Å²) in [6.07, 6.45) is 6.73. The molecule has 2 heteroatoms. The smallest absolute Gasteiger partial charge is 0.145 e. The molecule has 0 amide bonds. The molecule has 0 radical (unpaired) electrons. The number of carbonyl (C=O) groups excluding carboxylic acids is 1. The summed E-state index contributed by atoms with van der Waals surface area (Å²) in [4.78, 5) is 10.4. The third kappa shape index (κ3) is 1.27.